The van der Waals surface area contributed by atoms with Crippen LogP contribution in [-0.2, 0) is 4.79 Å². The molecule has 0 aliphatic carbocycles. The molecule has 158 valence electrons. The van der Waals surface area contributed by atoms with Crippen molar-refractivity contribution in [1.29, 1.82) is 5.41 Å². The number of likely N-dealkylation sites (tertiary alicyclic amines) is 1. The number of carbonyl (C=O) groups is 2. The summed E-state index contributed by atoms with van der Waals surface area (Å²) in [5.74, 6) is -0.522. The first-order valence-corrected chi connectivity index (χ1v) is 9.79. The van der Waals surface area contributed by atoms with Crippen LogP contribution in [-0.4, -0.2) is 49.2 Å². The number of nitrogens with two attached hydrogens (primary N) is 1. The first-order valence-electron chi connectivity index (χ1n) is 9.79. The normalized spacial score (nSPS) is 13.4. The standard InChI is InChI=1S/C22H25FN4O3/c1-30-21-16(22(29)26-10-4-12-27-11-3-7-18(27)28)8-9-17(24)19(21)20(25)14-5-2-6-15(23)13-14/h2,5-6,8-9,13,25H,3-4,7,10-12,24H2,1H3,(H,26,29). The Labute approximate surface area is 174 Å². The molecule has 1 saturated heterocycles. The largest absolute Gasteiger partial charge is 0.495 e. The van der Waals surface area contributed by atoms with E-state index < -0.39 is 5.82 Å². The van der Waals surface area contributed by atoms with Crippen LogP contribution in [0.1, 0.15) is 40.7 Å². The van der Waals surface area contributed by atoms with Crippen LogP contribution in [0.5, 0.6) is 5.75 Å². The maximum atomic E-state index is 13.6. The molecule has 7 nitrogen and oxygen atoms in total. The maximum absolute atomic E-state index is 13.6. The third kappa shape index (κ3) is 4.59. The lowest BCUT2D eigenvalue weighted by Gasteiger charge is -2.17. The number of hydrogen-bond donors (Lipinski definition) is 3. The topological polar surface area (TPSA) is 109 Å². The molecule has 30 heavy (non-hydrogen) atoms. The summed E-state index contributed by atoms with van der Waals surface area (Å²) in [6.45, 7) is 1.77. The highest BCUT2D eigenvalue weighted by Crippen LogP contribution is 2.31. The second-order valence-corrected chi connectivity index (χ2v) is 7.09. The first kappa shape index (κ1) is 21.3. The van der Waals surface area contributed by atoms with Crippen LogP contribution in [0.25, 0.3) is 0 Å². The van der Waals surface area contributed by atoms with Crippen LogP contribution in [0, 0.1) is 11.2 Å². The molecule has 1 heterocycles. The Kier molecular flexibility index (Phi) is 6.66. The van der Waals surface area contributed by atoms with Crippen LogP contribution in [0.15, 0.2) is 36.4 Å². The van der Waals surface area contributed by atoms with E-state index in [-0.39, 0.29) is 40.1 Å². The number of methoxy groups -OCH3 is 1. The van der Waals surface area contributed by atoms with Gasteiger partial charge in [0.25, 0.3) is 5.91 Å². The van der Waals surface area contributed by atoms with Crippen molar-refractivity contribution in [3.63, 3.8) is 0 Å². The van der Waals surface area contributed by atoms with E-state index in [0.717, 1.165) is 13.0 Å². The number of carbonyl (C=O) groups excluding carboxylic acids is 2. The van der Waals surface area contributed by atoms with Gasteiger partial charge in [-0.15, -0.1) is 0 Å². The Balaban J connectivity index is 1.75. The Morgan fingerprint density at radius 1 is 1.33 bits per heavy atom. The highest BCUT2D eigenvalue weighted by molar-refractivity contribution is 6.17. The fourth-order valence-electron chi connectivity index (χ4n) is 3.54. The second-order valence-electron chi connectivity index (χ2n) is 7.09. The van der Waals surface area contributed by atoms with Crippen LogP contribution in [0.2, 0.25) is 0 Å². The van der Waals surface area contributed by atoms with Gasteiger partial charge in [0.05, 0.1) is 23.9 Å². The van der Waals surface area contributed by atoms with Crippen LogP contribution in [0.4, 0.5) is 10.1 Å². The molecular weight excluding hydrogens is 387 g/mol. The Morgan fingerprint density at radius 3 is 2.80 bits per heavy atom. The molecule has 4 N–H and O–H groups in total. The number of anilines is 1. The van der Waals surface area contributed by atoms with Gasteiger partial charge in [0.2, 0.25) is 5.91 Å². The summed E-state index contributed by atoms with van der Waals surface area (Å²) >= 11 is 0. The summed E-state index contributed by atoms with van der Waals surface area (Å²) in [6, 6.07) is 8.68. The predicted octanol–water partition coefficient (Wildman–Crippen LogP) is 2.57. The van der Waals surface area contributed by atoms with Crippen molar-refractivity contribution < 1.29 is 18.7 Å². The van der Waals surface area contributed by atoms with Crippen molar-refractivity contribution in [1.82, 2.24) is 10.2 Å². The summed E-state index contributed by atoms with van der Waals surface area (Å²) in [5, 5.41) is 11.3. The summed E-state index contributed by atoms with van der Waals surface area (Å²) in [4.78, 5) is 26.2. The van der Waals surface area contributed by atoms with Crippen molar-refractivity contribution in [2.45, 2.75) is 19.3 Å². The van der Waals surface area contributed by atoms with E-state index >= 15 is 0 Å². The van der Waals surface area contributed by atoms with E-state index in [4.69, 9.17) is 15.9 Å². The average Bonchev–Trinajstić information content (AvgIpc) is 3.14. The van der Waals surface area contributed by atoms with Gasteiger partial charge in [0, 0.05) is 37.3 Å². The number of ether oxygens (including phenoxy) is 1. The molecule has 8 heteroatoms. The van der Waals surface area contributed by atoms with E-state index in [9.17, 15) is 14.0 Å². The van der Waals surface area contributed by atoms with Gasteiger partial charge in [0.15, 0.2) is 0 Å². The number of nitrogens with one attached hydrogen (secondary N) is 2. The average molecular weight is 412 g/mol. The van der Waals surface area contributed by atoms with Gasteiger partial charge < -0.3 is 20.7 Å². The van der Waals surface area contributed by atoms with Gasteiger partial charge in [-0.2, -0.15) is 0 Å². The van der Waals surface area contributed by atoms with E-state index in [1.54, 1.807) is 11.0 Å². The Bertz CT molecular complexity index is 977. The zero-order valence-electron chi connectivity index (χ0n) is 16.8. The number of rotatable bonds is 8. The summed E-state index contributed by atoms with van der Waals surface area (Å²) < 4.78 is 19.0. The molecule has 1 fully saturated rings. The van der Waals surface area contributed by atoms with Crippen molar-refractivity contribution in [3.8, 4) is 5.75 Å². The van der Waals surface area contributed by atoms with Gasteiger partial charge in [0.1, 0.15) is 11.6 Å². The number of halogens is 1. The minimum Gasteiger partial charge on any atom is -0.495 e. The van der Waals surface area contributed by atoms with Gasteiger partial charge in [-0.3, -0.25) is 15.0 Å². The molecule has 2 aromatic carbocycles. The molecule has 0 unspecified atom stereocenters. The molecule has 2 aromatic rings. The van der Waals surface area contributed by atoms with Crippen molar-refractivity contribution in [2.75, 3.05) is 32.5 Å². The fourth-order valence-corrected chi connectivity index (χ4v) is 3.54. The SMILES string of the molecule is COc1c(C(=O)NCCCN2CCCC2=O)ccc(N)c1C(=N)c1cccc(F)c1. The molecular formula is C22H25FN4O3. The number of benzene rings is 2. The lowest BCUT2D eigenvalue weighted by atomic mass is 9.97. The van der Waals surface area contributed by atoms with Gasteiger partial charge >= 0.3 is 0 Å². The van der Waals surface area contributed by atoms with E-state index in [1.807, 2.05) is 0 Å². The molecule has 0 radical (unpaired) electrons. The lowest BCUT2D eigenvalue weighted by Crippen LogP contribution is -2.31. The smallest absolute Gasteiger partial charge is 0.255 e. The van der Waals surface area contributed by atoms with Crippen LogP contribution in [0.3, 0.4) is 0 Å². The zero-order valence-corrected chi connectivity index (χ0v) is 16.8. The number of nitrogen functional groups attached to an aromatic ring is 1. The molecule has 0 aromatic heterocycles. The monoisotopic (exact) mass is 412 g/mol. The van der Waals surface area contributed by atoms with Gasteiger partial charge in [-0.1, -0.05) is 12.1 Å². The highest BCUT2D eigenvalue weighted by Gasteiger charge is 2.23. The number of nitrogens with zero attached hydrogens (tertiary/aromatic N) is 1. The quantitative estimate of drug-likeness (QED) is 0.352. The minimum absolute atomic E-state index is 0.0361. The van der Waals surface area contributed by atoms with Crippen LogP contribution >= 0.6 is 0 Å². The first-order chi connectivity index (χ1) is 14.4. The lowest BCUT2D eigenvalue weighted by molar-refractivity contribution is -0.127. The Morgan fingerprint density at radius 2 is 2.13 bits per heavy atom. The highest BCUT2D eigenvalue weighted by atomic mass is 19.1. The van der Waals surface area contributed by atoms with Crippen LogP contribution < -0.4 is 15.8 Å². The third-order valence-corrected chi connectivity index (χ3v) is 5.06. The Hall–Kier alpha value is -3.42. The molecule has 2 amide bonds. The molecule has 3 rings (SSSR count). The zero-order chi connectivity index (χ0) is 21.7. The van der Waals surface area contributed by atoms with E-state index in [2.05, 4.69) is 5.32 Å². The maximum Gasteiger partial charge on any atom is 0.255 e. The van der Waals surface area contributed by atoms with Crippen molar-refractivity contribution in [3.05, 3.63) is 58.9 Å². The second kappa shape index (κ2) is 9.39. The molecule has 0 saturated carbocycles. The molecule has 0 atom stereocenters. The molecule has 1 aliphatic heterocycles. The molecule has 1 aliphatic rings. The summed E-state index contributed by atoms with van der Waals surface area (Å²) in [5.41, 5.74) is 7.08. The van der Waals surface area contributed by atoms with E-state index in [0.29, 0.717) is 31.5 Å². The summed E-state index contributed by atoms with van der Waals surface area (Å²) in [6.07, 6.45) is 2.11. The van der Waals surface area contributed by atoms with Gasteiger partial charge in [-0.05, 0) is 37.1 Å². The third-order valence-electron chi connectivity index (χ3n) is 5.06. The van der Waals surface area contributed by atoms with E-state index in [1.165, 1.54) is 37.4 Å². The van der Waals surface area contributed by atoms with Crippen molar-refractivity contribution in [2.24, 2.45) is 0 Å². The van der Waals surface area contributed by atoms with Gasteiger partial charge in [-0.25, -0.2) is 4.39 Å². The minimum atomic E-state index is -0.472. The number of hydrogen-bond acceptors (Lipinski definition) is 5. The fraction of sp³-hybridized carbons (Fsp3) is 0.318. The number of amides is 2. The summed E-state index contributed by atoms with van der Waals surface area (Å²) in [7, 11) is 1.40. The van der Waals surface area contributed by atoms with Crippen molar-refractivity contribution >= 4 is 23.2 Å². The predicted molar refractivity (Wildman–Crippen MR) is 113 cm³/mol. The molecule has 0 spiro atoms. The molecule has 0 bridgehead atoms.